The fourth-order valence-corrected chi connectivity index (χ4v) is 4.06. The number of nitrogens with zero attached hydrogens (tertiary/aromatic N) is 6. The average molecular weight is 517 g/mol. The van der Waals surface area contributed by atoms with Crippen LogP contribution in [-0.2, 0) is 12.4 Å². The fraction of sp³-hybridized carbons (Fsp3) is 0.500. The molecule has 36 heavy (non-hydrogen) atoms. The van der Waals surface area contributed by atoms with Gasteiger partial charge in [-0.1, -0.05) is 0 Å². The van der Waals surface area contributed by atoms with Crippen LogP contribution in [0.3, 0.4) is 0 Å². The maximum atomic E-state index is 13.1. The first-order chi connectivity index (χ1) is 16.9. The monoisotopic (exact) mass is 517 g/mol. The van der Waals surface area contributed by atoms with Crippen molar-refractivity contribution in [3.8, 4) is 0 Å². The van der Waals surface area contributed by atoms with E-state index in [-0.39, 0.29) is 19.2 Å². The Hall–Kier alpha value is -3.29. The molecular weight excluding hydrogens is 492 g/mol. The zero-order valence-corrected chi connectivity index (χ0v) is 19.4. The van der Waals surface area contributed by atoms with Gasteiger partial charge < -0.3 is 24.9 Å². The molecule has 4 rings (SSSR count). The molecule has 8 nitrogen and oxygen atoms in total. The van der Waals surface area contributed by atoms with Crippen LogP contribution in [0.5, 0.6) is 0 Å². The average Bonchev–Trinajstić information content (AvgIpc) is 2.83. The van der Waals surface area contributed by atoms with Crippen molar-refractivity contribution in [2.45, 2.75) is 12.4 Å². The minimum Gasteiger partial charge on any atom is -0.353 e. The zero-order chi connectivity index (χ0) is 26.1. The molecule has 0 unspecified atom stereocenters. The number of anilines is 3. The number of carbonyl (C=O) groups excluding carboxylic acids is 1. The van der Waals surface area contributed by atoms with Gasteiger partial charge in [-0.3, -0.25) is 0 Å². The molecule has 3 heterocycles. The molecule has 0 saturated carbocycles. The highest BCUT2D eigenvalue weighted by molar-refractivity contribution is 5.89. The van der Waals surface area contributed by atoms with Crippen LogP contribution in [0, 0.1) is 0 Å². The van der Waals surface area contributed by atoms with Gasteiger partial charge in [-0.15, -0.1) is 10.2 Å². The van der Waals surface area contributed by atoms with E-state index < -0.39 is 35.2 Å². The summed E-state index contributed by atoms with van der Waals surface area (Å²) >= 11 is 0. The number of hydrogen-bond donors (Lipinski definition) is 1. The number of urea groups is 1. The molecule has 196 valence electrons. The van der Waals surface area contributed by atoms with Gasteiger partial charge in [0.25, 0.3) is 0 Å². The molecule has 0 radical (unpaired) electrons. The summed E-state index contributed by atoms with van der Waals surface area (Å²) in [5, 5.41) is 10.8. The molecule has 0 atom stereocenters. The van der Waals surface area contributed by atoms with Crippen LogP contribution in [0.15, 0.2) is 30.3 Å². The third-order valence-electron chi connectivity index (χ3n) is 6.19. The summed E-state index contributed by atoms with van der Waals surface area (Å²) in [5.74, 6) is 1.41. The predicted molar refractivity (Wildman–Crippen MR) is 121 cm³/mol. The Labute approximate surface area is 203 Å². The van der Waals surface area contributed by atoms with Crippen molar-refractivity contribution >= 4 is 23.4 Å². The van der Waals surface area contributed by atoms with Crippen LogP contribution in [0.25, 0.3) is 0 Å². The van der Waals surface area contributed by atoms with Gasteiger partial charge in [0.1, 0.15) is 0 Å². The number of nitrogens with one attached hydrogen (secondary N) is 1. The molecule has 14 heteroatoms. The maximum absolute atomic E-state index is 13.1. The molecule has 2 amide bonds. The smallest absolute Gasteiger partial charge is 0.353 e. The normalized spacial score (nSPS) is 17.9. The Balaban J connectivity index is 1.36. The third-order valence-corrected chi connectivity index (χ3v) is 6.19. The third kappa shape index (κ3) is 6.09. The first-order valence-corrected chi connectivity index (χ1v) is 11.3. The first-order valence-electron chi connectivity index (χ1n) is 11.3. The Bertz CT molecular complexity index is 1030. The second-order valence-electron chi connectivity index (χ2n) is 8.74. The van der Waals surface area contributed by atoms with Gasteiger partial charge in [0, 0.05) is 58.0 Å². The number of benzene rings is 1. The van der Waals surface area contributed by atoms with E-state index in [1.165, 1.54) is 4.90 Å². The summed E-state index contributed by atoms with van der Waals surface area (Å²) < 4.78 is 78.4. The lowest BCUT2D eigenvalue weighted by Gasteiger charge is -2.35. The molecule has 2 fully saturated rings. The van der Waals surface area contributed by atoms with Crippen molar-refractivity contribution in [1.29, 1.82) is 0 Å². The highest BCUT2D eigenvalue weighted by atomic mass is 19.4. The Morgan fingerprint density at radius 3 is 1.61 bits per heavy atom. The van der Waals surface area contributed by atoms with Gasteiger partial charge in [-0.05, 0) is 37.4 Å². The molecule has 2 aromatic rings. The second kappa shape index (κ2) is 9.99. The van der Waals surface area contributed by atoms with Gasteiger partial charge >= 0.3 is 18.4 Å². The standard InChI is InChI=1S/C22H25F6N7O/c1-32-4-6-33(7-5-32)18-2-3-19(31-30-18)34-8-10-35(11-9-34)20(36)29-17-13-15(21(23,24)25)12-16(14-17)22(26,27)28/h2-3,12-14H,4-11H2,1H3,(H,29,36). The first kappa shape index (κ1) is 25.8. The lowest BCUT2D eigenvalue weighted by atomic mass is 10.1. The van der Waals surface area contributed by atoms with Crippen LogP contribution in [-0.4, -0.2) is 85.4 Å². The summed E-state index contributed by atoms with van der Waals surface area (Å²) in [7, 11) is 2.06. The van der Waals surface area contributed by atoms with Crippen LogP contribution in [0.1, 0.15) is 11.1 Å². The summed E-state index contributed by atoms with van der Waals surface area (Å²) in [5.41, 5.74) is -3.55. The Kier molecular flexibility index (Phi) is 7.16. The largest absolute Gasteiger partial charge is 0.416 e. The molecule has 2 aliphatic heterocycles. The number of alkyl halides is 6. The fourth-order valence-electron chi connectivity index (χ4n) is 4.06. The van der Waals surface area contributed by atoms with Crippen molar-refractivity contribution in [3.63, 3.8) is 0 Å². The van der Waals surface area contributed by atoms with Gasteiger partial charge in [-0.25, -0.2) is 4.79 Å². The Morgan fingerprint density at radius 1 is 0.750 bits per heavy atom. The summed E-state index contributed by atoms with van der Waals surface area (Å²) in [4.78, 5) is 20.2. The predicted octanol–water partition coefficient (Wildman–Crippen LogP) is 3.62. The molecule has 0 spiro atoms. The van der Waals surface area contributed by atoms with E-state index in [0.29, 0.717) is 31.0 Å². The number of aromatic nitrogens is 2. The summed E-state index contributed by atoms with van der Waals surface area (Å²) in [6.07, 6.45) is -9.99. The van der Waals surface area contributed by atoms with Crippen molar-refractivity contribution in [1.82, 2.24) is 20.0 Å². The number of piperazine rings is 2. The molecular formula is C22H25F6N7O. The minimum atomic E-state index is -4.99. The molecule has 1 N–H and O–H groups in total. The SMILES string of the molecule is CN1CCN(c2ccc(N3CCN(C(=O)Nc4cc(C(F)(F)F)cc(C(F)(F)F)c4)CC3)nn2)CC1. The molecule has 0 aliphatic carbocycles. The highest BCUT2D eigenvalue weighted by Gasteiger charge is 2.37. The van der Waals surface area contributed by atoms with E-state index in [4.69, 9.17) is 0 Å². The van der Waals surface area contributed by atoms with Crippen molar-refractivity contribution in [3.05, 3.63) is 41.5 Å². The van der Waals surface area contributed by atoms with Gasteiger partial charge in [0.05, 0.1) is 11.1 Å². The van der Waals surface area contributed by atoms with Crippen molar-refractivity contribution in [2.24, 2.45) is 0 Å². The number of carbonyl (C=O) groups is 1. The van der Waals surface area contributed by atoms with E-state index in [0.717, 1.165) is 32.0 Å². The molecule has 1 aromatic carbocycles. The molecule has 1 aromatic heterocycles. The van der Waals surface area contributed by atoms with Crippen LogP contribution in [0.4, 0.5) is 48.5 Å². The van der Waals surface area contributed by atoms with E-state index in [1.54, 1.807) is 0 Å². The van der Waals surface area contributed by atoms with Crippen molar-refractivity contribution < 1.29 is 31.1 Å². The van der Waals surface area contributed by atoms with Gasteiger partial charge in [0.15, 0.2) is 11.6 Å². The number of amides is 2. The summed E-state index contributed by atoms with van der Waals surface area (Å²) in [6, 6.07) is 3.95. The van der Waals surface area contributed by atoms with E-state index in [9.17, 15) is 31.1 Å². The zero-order valence-electron chi connectivity index (χ0n) is 19.4. The van der Waals surface area contributed by atoms with Crippen LogP contribution in [0.2, 0.25) is 0 Å². The molecule has 2 aliphatic rings. The minimum absolute atomic E-state index is 0.0183. The van der Waals surface area contributed by atoms with Gasteiger partial charge in [0.2, 0.25) is 0 Å². The topological polar surface area (TPSA) is 67.8 Å². The number of halogens is 6. The van der Waals surface area contributed by atoms with Crippen LogP contribution < -0.4 is 15.1 Å². The van der Waals surface area contributed by atoms with Gasteiger partial charge in [-0.2, -0.15) is 26.3 Å². The molecule has 2 saturated heterocycles. The summed E-state index contributed by atoms with van der Waals surface area (Å²) in [6.45, 7) is 4.76. The number of rotatable bonds is 3. The Morgan fingerprint density at radius 2 is 1.19 bits per heavy atom. The van der Waals surface area contributed by atoms with E-state index in [2.05, 4.69) is 32.4 Å². The lowest BCUT2D eigenvalue weighted by molar-refractivity contribution is -0.143. The number of hydrogen-bond acceptors (Lipinski definition) is 6. The lowest BCUT2D eigenvalue weighted by Crippen LogP contribution is -2.50. The van der Waals surface area contributed by atoms with Crippen molar-refractivity contribution in [2.75, 3.05) is 74.5 Å². The van der Waals surface area contributed by atoms with E-state index >= 15 is 0 Å². The quantitative estimate of drug-likeness (QED) is 0.628. The number of likely N-dealkylation sites (N-methyl/N-ethyl adjacent to an activating group) is 1. The molecule has 0 bridgehead atoms. The maximum Gasteiger partial charge on any atom is 0.416 e. The van der Waals surface area contributed by atoms with E-state index in [1.807, 2.05) is 17.0 Å². The van der Waals surface area contributed by atoms with Crippen LogP contribution >= 0.6 is 0 Å². The second-order valence-corrected chi connectivity index (χ2v) is 8.74. The highest BCUT2D eigenvalue weighted by Crippen LogP contribution is 2.37.